The van der Waals surface area contributed by atoms with E-state index in [1.54, 1.807) is 6.33 Å². The van der Waals surface area contributed by atoms with E-state index in [2.05, 4.69) is 44.8 Å². The van der Waals surface area contributed by atoms with Crippen LogP contribution in [0.15, 0.2) is 37.1 Å². The van der Waals surface area contributed by atoms with Gasteiger partial charge in [-0.1, -0.05) is 12.1 Å². The number of imidazole rings is 1. The molecule has 0 bridgehead atoms. The molecule has 1 aromatic carbocycles. The summed E-state index contributed by atoms with van der Waals surface area (Å²) in [7, 11) is 0. The van der Waals surface area contributed by atoms with Crippen LogP contribution in [0.1, 0.15) is 11.3 Å². The van der Waals surface area contributed by atoms with Crippen LogP contribution in [-0.2, 0) is 6.54 Å². The Balaban J connectivity index is 2.17. The fraction of sp³-hybridized carbons (Fsp3) is 0.154. The highest BCUT2D eigenvalue weighted by Gasteiger charge is 2.21. The van der Waals surface area contributed by atoms with Crippen molar-refractivity contribution in [2.24, 2.45) is 0 Å². The van der Waals surface area contributed by atoms with Gasteiger partial charge in [0.25, 0.3) is 0 Å². The zero-order valence-corrected chi connectivity index (χ0v) is 9.91. The highest BCUT2D eigenvalue weighted by Crippen LogP contribution is 2.32. The number of fused-ring (bicyclic) bond motifs is 5. The van der Waals surface area contributed by atoms with Gasteiger partial charge in [0, 0.05) is 5.56 Å². The molecule has 5 nitrogen and oxygen atoms in total. The number of hydrogen-bond donors (Lipinski definition) is 0. The predicted molar refractivity (Wildman–Crippen MR) is 66.4 cm³/mol. The van der Waals surface area contributed by atoms with Crippen LogP contribution in [0.5, 0.6) is 0 Å². The summed E-state index contributed by atoms with van der Waals surface area (Å²) in [6, 6.07) is 6.25. The van der Waals surface area contributed by atoms with Gasteiger partial charge in [0.15, 0.2) is 5.82 Å². The molecule has 0 amide bonds. The zero-order valence-electron chi connectivity index (χ0n) is 9.91. The molecule has 0 unspecified atom stereocenters. The van der Waals surface area contributed by atoms with E-state index in [9.17, 15) is 0 Å². The number of aryl methyl sites for hydroxylation is 1. The van der Waals surface area contributed by atoms with Gasteiger partial charge in [-0.15, -0.1) is 0 Å². The van der Waals surface area contributed by atoms with Crippen molar-refractivity contribution in [3.05, 3.63) is 48.3 Å². The molecule has 0 saturated heterocycles. The monoisotopic (exact) mass is 237 g/mol. The Kier molecular flexibility index (Phi) is 1.75. The minimum Gasteiger partial charge on any atom is -0.301 e. The first-order valence-electron chi connectivity index (χ1n) is 5.84. The molecule has 0 N–H and O–H groups in total. The van der Waals surface area contributed by atoms with Gasteiger partial charge in [-0.2, -0.15) is 5.10 Å². The molecule has 4 rings (SSSR count). The van der Waals surface area contributed by atoms with Gasteiger partial charge in [-0.25, -0.2) is 14.6 Å². The van der Waals surface area contributed by atoms with E-state index in [1.165, 1.54) is 5.56 Å². The maximum atomic E-state index is 4.40. The van der Waals surface area contributed by atoms with Gasteiger partial charge in [0.2, 0.25) is 0 Å². The van der Waals surface area contributed by atoms with E-state index >= 15 is 0 Å². The van der Waals surface area contributed by atoms with Crippen molar-refractivity contribution in [1.29, 1.82) is 0 Å². The quantitative estimate of drug-likeness (QED) is 0.468. The predicted octanol–water partition coefficient (Wildman–Crippen LogP) is 1.80. The second-order valence-electron chi connectivity index (χ2n) is 4.47. The number of rotatable bonds is 0. The number of benzene rings is 1. The van der Waals surface area contributed by atoms with Gasteiger partial charge in [-0.3, -0.25) is 0 Å². The van der Waals surface area contributed by atoms with Gasteiger partial charge < -0.3 is 4.57 Å². The molecule has 2 aromatic heterocycles. The first-order chi connectivity index (χ1) is 8.84. The van der Waals surface area contributed by atoms with Gasteiger partial charge in [0.05, 0.1) is 30.5 Å². The highest BCUT2D eigenvalue weighted by atomic mass is 15.3. The van der Waals surface area contributed by atoms with Crippen LogP contribution in [0, 0.1) is 6.92 Å². The van der Waals surface area contributed by atoms with Crippen molar-refractivity contribution >= 4 is 0 Å². The summed E-state index contributed by atoms with van der Waals surface area (Å²) < 4.78 is 4.03. The second kappa shape index (κ2) is 3.29. The standard InChI is InChI=1S/C13H11N5/c1-9-3-2-4-11-12(9)13-15-7-16-18(13)6-10-5-14-8-17(10)11/h2-5,7-8H,6H2,1H3. The van der Waals surface area contributed by atoms with Crippen molar-refractivity contribution in [2.75, 3.05) is 0 Å². The molecule has 5 heteroatoms. The van der Waals surface area contributed by atoms with Gasteiger partial charge in [0.1, 0.15) is 6.33 Å². The molecular weight excluding hydrogens is 226 g/mol. The molecule has 0 radical (unpaired) electrons. The lowest BCUT2D eigenvalue weighted by Gasteiger charge is -2.10. The molecule has 0 spiro atoms. The third kappa shape index (κ3) is 1.13. The SMILES string of the molecule is Cc1cccc2c1-c1ncnn1Cc1cncn1-2. The van der Waals surface area contributed by atoms with E-state index in [0.717, 1.165) is 22.8 Å². The zero-order chi connectivity index (χ0) is 12.1. The maximum Gasteiger partial charge on any atom is 0.160 e. The lowest BCUT2D eigenvalue weighted by molar-refractivity contribution is 0.677. The summed E-state index contributed by atoms with van der Waals surface area (Å²) in [5.41, 5.74) is 4.57. The largest absolute Gasteiger partial charge is 0.301 e. The molecule has 0 atom stereocenters. The van der Waals surface area contributed by atoms with E-state index in [4.69, 9.17) is 0 Å². The minimum atomic E-state index is 0.698. The Bertz CT molecular complexity index is 737. The van der Waals surface area contributed by atoms with Crippen LogP contribution >= 0.6 is 0 Å². The van der Waals surface area contributed by atoms with Crippen LogP contribution in [0.4, 0.5) is 0 Å². The van der Waals surface area contributed by atoms with E-state index in [0.29, 0.717) is 6.54 Å². The van der Waals surface area contributed by atoms with Crippen molar-refractivity contribution in [3.8, 4) is 17.1 Å². The molecule has 3 aromatic rings. The fourth-order valence-electron chi connectivity index (χ4n) is 2.53. The Morgan fingerprint density at radius 1 is 1.28 bits per heavy atom. The highest BCUT2D eigenvalue weighted by molar-refractivity contribution is 5.72. The molecular formula is C13H11N5. The van der Waals surface area contributed by atoms with Crippen LogP contribution in [-0.4, -0.2) is 24.3 Å². The van der Waals surface area contributed by atoms with E-state index in [-0.39, 0.29) is 0 Å². The fourth-order valence-corrected chi connectivity index (χ4v) is 2.53. The summed E-state index contributed by atoms with van der Waals surface area (Å²) in [6.07, 6.45) is 5.33. The normalized spacial score (nSPS) is 12.5. The smallest absolute Gasteiger partial charge is 0.160 e. The minimum absolute atomic E-state index is 0.698. The molecule has 0 aliphatic carbocycles. The summed E-state index contributed by atoms with van der Waals surface area (Å²) in [4.78, 5) is 8.63. The number of aromatic nitrogens is 5. The average Bonchev–Trinajstić information content (AvgIpc) is 2.97. The van der Waals surface area contributed by atoms with Crippen molar-refractivity contribution in [1.82, 2.24) is 24.3 Å². The number of nitrogens with zero attached hydrogens (tertiary/aromatic N) is 5. The molecule has 18 heavy (non-hydrogen) atoms. The van der Waals surface area contributed by atoms with E-state index in [1.807, 2.05) is 17.2 Å². The molecule has 0 saturated carbocycles. The summed E-state index contributed by atoms with van der Waals surface area (Å²) >= 11 is 0. The van der Waals surface area contributed by atoms with Gasteiger partial charge >= 0.3 is 0 Å². The summed E-state index contributed by atoms with van der Waals surface area (Å²) in [5.74, 6) is 0.923. The topological polar surface area (TPSA) is 48.5 Å². The molecule has 88 valence electrons. The van der Waals surface area contributed by atoms with Crippen molar-refractivity contribution < 1.29 is 0 Å². The summed E-state index contributed by atoms with van der Waals surface area (Å²) in [6.45, 7) is 2.79. The lowest BCUT2D eigenvalue weighted by atomic mass is 10.1. The van der Waals surface area contributed by atoms with Crippen LogP contribution in [0.2, 0.25) is 0 Å². The van der Waals surface area contributed by atoms with E-state index < -0.39 is 0 Å². The lowest BCUT2D eigenvalue weighted by Crippen LogP contribution is -2.03. The Labute approximate surface area is 104 Å². The second-order valence-corrected chi connectivity index (χ2v) is 4.47. The molecule has 1 aliphatic rings. The van der Waals surface area contributed by atoms with Crippen LogP contribution in [0.25, 0.3) is 17.1 Å². The first-order valence-corrected chi connectivity index (χ1v) is 5.84. The van der Waals surface area contributed by atoms with Crippen molar-refractivity contribution in [2.45, 2.75) is 13.5 Å². The third-order valence-corrected chi connectivity index (χ3v) is 3.38. The van der Waals surface area contributed by atoms with Gasteiger partial charge in [-0.05, 0) is 18.6 Å². The molecule has 0 fully saturated rings. The Morgan fingerprint density at radius 3 is 3.17 bits per heavy atom. The third-order valence-electron chi connectivity index (χ3n) is 3.38. The summed E-state index contributed by atoms with van der Waals surface area (Å²) in [5, 5.41) is 4.30. The Morgan fingerprint density at radius 2 is 2.22 bits per heavy atom. The molecule has 3 heterocycles. The number of hydrogen-bond acceptors (Lipinski definition) is 3. The molecule has 1 aliphatic heterocycles. The van der Waals surface area contributed by atoms with Crippen LogP contribution in [0.3, 0.4) is 0 Å². The van der Waals surface area contributed by atoms with Crippen LogP contribution < -0.4 is 0 Å². The Hall–Kier alpha value is -2.43. The average molecular weight is 237 g/mol. The maximum absolute atomic E-state index is 4.40. The first kappa shape index (κ1) is 9.58. The van der Waals surface area contributed by atoms with Crippen molar-refractivity contribution in [3.63, 3.8) is 0 Å².